The molecule has 2 nitrogen and oxygen atoms in total. The van der Waals surface area contributed by atoms with Gasteiger partial charge in [-0.3, -0.25) is 0 Å². The lowest BCUT2D eigenvalue weighted by Crippen LogP contribution is -1.97. The third-order valence-corrected chi connectivity index (χ3v) is 10.3. The normalized spacial score (nSPS) is 11.6. The molecule has 0 unspecified atom stereocenters. The second kappa shape index (κ2) is 12.5. The fraction of sp³-hybridized carbons (Fsp3) is 0. The van der Waals surface area contributed by atoms with Crippen molar-refractivity contribution in [2.45, 2.75) is 9.79 Å². The summed E-state index contributed by atoms with van der Waals surface area (Å²) in [5.41, 5.74) is 14.6. The molecule has 0 N–H and O–H groups in total. The van der Waals surface area contributed by atoms with Crippen LogP contribution in [0.1, 0.15) is 0 Å². The number of rotatable bonds is 3. The van der Waals surface area contributed by atoms with Crippen molar-refractivity contribution in [3.8, 4) is 78.4 Å². The molecule has 9 rings (SSSR count). The Morgan fingerprint density at radius 3 is 1.27 bits per heavy atom. The van der Waals surface area contributed by atoms with Crippen LogP contribution in [0.5, 0.6) is 0 Å². The lowest BCUT2D eigenvalue weighted by molar-refractivity contribution is 1.18. The molecule has 1 aliphatic heterocycles. The fourth-order valence-corrected chi connectivity index (χ4v) is 7.92. The van der Waals surface area contributed by atoms with E-state index in [1.807, 2.05) is 36.0 Å². The quantitative estimate of drug-likeness (QED) is 0.192. The van der Waals surface area contributed by atoms with Gasteiger partial charge in [-0.15, -0.1) is 0 Å². The van der Waals surface area contributed by atoms with E-state index in [-0.39, 0.29) is 0 Å². The van der Waals surface area contributed by atoms with Crippen molar-refractivity contribution in [1.82, 2.24) is 9.97 Å². The van der Waals surface area contributed by atoms with Gasteiger partial charge in [0.25, 0.3) is 0 Å². The topological polar surface area (TPSA) is 25.8 Å². The standard InChI is InChI=1S/C46H30N2S/c1-3-15-31(16-4-1)42-30-43(48-46(47-42)32-17-5-2-6-18-32)33-27-28-38-36-21-8-7-19-34(36)35-20-9-10-22-37(35)39-23-11-13-25-44(39)49-45-26-14-12-24-40(45)41(38)29-33/h1-30H. The van der Waals surface area contributed by atoms with Crippen molar-refractivity contribution in [3.63, 3.8) is 0 Å². The van der Waals surface area contributed by atoms with Crippen molar-refractivity contribution in [3.05, 3.63) is 182 Å². The van der Waals surface area contributed by atoms with Gasteiger partial charge in [-0.25, -0.2) is 9.97 Å². The summed E-state index contributed by atoms with van der Waals surface area (Å²) in [5, 5.41) is 0. The van der Waals surface area contributed by atoms with Gasteiger partial charge in [0.2, 0.25) is 0 Å². The number of aromatic nitrogens is 2. The lowest BCUT2D eigenvalue weighted by Gasteiger charge is -2.18. The van der Waals surface area contributed by atoms with E-state index in [4.69, 9.17) is 9.97 Å². The first-order valence-electron chi connectivity index (χ1n) is 16.5. The highest BCUT2D eigenvalue weighted by atomic mass is 32.2. The van der Waals surface area contributed by atoms with Crippen LogP contribution >= 0.6 is 11.8 Å². The first-order valence-corrected chi connectivity index (χ1v) is 17.3. The molecule has 0 saturated heterocycles. The van der Waals surface area contributed by atoms with Crippen LogP contribution in [0.15, 0.2) is 192 Å². The Morgan fingerprint density at radius 1 is 0.286 bits per heavy atom. The molecule has 7 aromatic carbocycles. The van der Waals surface area contributed by atoms with Crippen LogP contribution in [0.3, 0.4) is 0 Å². The first-order chi connectivity index (χ1) is 24.3. The molecule has 2 heterocycles. The molecule has 1 aliphatic rings. The molecule has 0 bridgehead atoms. The first kappa shape index (κ1) is 29.1. The van der Waals surface area contributed by atoms with Crippen LogP contribution in [-0.4, -0.2) is 9.97 Å². The van der Waals surface area contributed by atoms with Crippen LogP contribution in [-0.2, 0) is 0 Å². The maximum atomic E-state index is 5.18. The molecule has 49 heavy (non-hydrogen) atoms. The van der Waals surface area contributed by atoms with Gasteiger partial charge in [0.05, 0.1) is 11.4 Å². The Kier molecular flexibility index (Phi) is 7.45. The summed E-state index contributed by atoms with van der Waals surface area (Å²) < 4.78 is 0. The molecule has 3 heteroatoms. The minimum absolute atomic E-state index is 0.711. The van der Waals surface area contributed by atoms with Crippen LogP contribution < -0.4 is 0 Å². The molecular weight excluding hydrogens is 613 g/mol. The largest absolute Gasteiger partial charge is 0.228 e. The van der Waals surface area contributed by atoms with E-state index in [1.54, 1.807) is 0 Å². The maximum Gasteiger partial charge on any atom is 0.160 e. The van der Waals surface area contributed by atoms with E-state index in [1.165, 1.54) is 54.3 Å². The molecule has 1 aromatic heterocycles. The Bertz CT molecular complexity index is 2410. The summed E-state index contributed by atoms with van der Waals surface area (Å²) in [5.74, 6) is 0.711. The van der Waals surface area contributed by atoms with Crippen molar-refractivity contribution < 1.29 is 0 Å². The average molecular weight is 643 g/mol. The van der Waals surface area contributed by atoms with Crippen molar-refractivity contribution >= 4 is 11.8 Å². The fourth-order valence-electron chi connectivity index (χ4n) is 6.81. The van der Waals surface area contributed by atoms with Crippen LogP contribution in [0.25, 0.3) is 78.4 Å². The van der Waals surface area contributed by atoms with Crippen molar-refractivity contribution in [2.75, 3.05) is 0 Å². The minimum atomic E-state index is 0.711. The number of hydrogen-bond acceptors (Lipinski definition) is 3. The second-order valence-corrected chi connectivity index (χ2v) is 13.2. The highest BCUT2D eigenvalue weighted by molar-refractivity contribution is 7.99. The summed E-state index contributed by atoms with van der Waals surface area (Å²) >= 11 is 1.83. The minimum Gasteiger partial charge on any atom is -0.228 e. The highest BCUT2D eigenvalue weighted by Gasteiger charge is 2.21. The summed E-state index contributed by atoms with van der Waals surface area (Å²) in [7, 11) is 0. The third kappa shape index (κ3) is 5.44. The van der Waals surface area contributed by atoms with Gasteiger partial charge < -0.3 is 0 Å². The molecule has 0 atom stereocenters. The van der Waals surface area contributed by atoms with E-state index in [9.17, 15) is 0 Å². The molecule has 0 saturated carbocycles. The monoisotopic (exact) mass is 642 g/mol. The molecule has 0 radical (unpaired) electrons. The zero-order chi connectivity index (χ0) is 32.6. The Balaban J connectivity index is 1.32. The summed E-state index contributed by atoms with van der Waals surface area (Å²) in [6, 6.07) is 64.7. The number of nitrogens with zero attached hydrogens (tertiary/aromatic N) is 2. The summed E-state index contributed by atoms with van der Waals surface area (Å²) in [4.78, 5) is 12.7. The van der Waals surface area contributed by atoms with Gasteiger partial charge in [-0.1, -0.05) is 169 Å². The predicted molar refractivity (Wildman–Crippen MR) is 204 cm³/mol. The highest BCUT2D eigenvalue weighted by Crippen LogP contribution is 2.49. The zero-order valence-corrected chi connectivity index (χ0v) is 27.4. The zero-order valence-electron chi connectivity index (χ0n) is 26.6. The third-order valence-electron chi connectivity index (χ3n) is 9.15. The van der Waals surface area contributed by atoms with E-state index in [0.717, 1.165) is 28.1 Å². The summed E-state index contributed by atoms with van der Waals surface area (Å²) in [6.45, 7) is 0. The smallest absolute Gasteiger partial charge is 0.160 e. The molecule has 230 valence electrons. The molecule has 0 fully saturated rings. The van der Waals surface area contributed by atoms with Gasteiger partial charge in [-0.2, -0.15) is 0 Å². The molecule has 0 amide bonds. The lowest BCUT2D eigenvalue weighted by atomic mass is 9.86. The van der Waals surface area contributed by atoms with Crippen molar-refractivity contribution in [1.29, 1.82) is 0 Å². The number of benzene rings is 7. The molecule has 0 spiro atoms. The van der Waals surface area contributed by atoms with Crippen LogP contribution in [0.4, 0.5) is 0 Å². The van der Waals surface area contributed by atoms with E-state index >= 15 is 0 Å². The molecule has 0 aliphatic carbocycles. The SMILES string of the molecule is c1ccc(-c2cc(-c3ccc4c(c3)-c3ccccc3Sc3ccccc3-c3ccccc3-c3ccccc3-4)nc(-c3ccccc3)n2)cc1. The molecule has 8 aromatic rings. The van der Waals surface area contributed by atoms with Crippen LogP contribution in [0.2, 0.25) is 0 Å². The average Bonchev–Trinajstić information content (AvgIpc) is 3.20. The number of fused-ring (bicyclic) bond motifs is 9. The van der Waals surface area contributed by atoms with E-state index < -0.39 is 0 Å². The maximum absolute atomic E-state index is 5.18. The Hall–Kier alpha value is -6.03. The summed E-state index contributed by atoms with van der Waals surface area (Å²) in [6.07, 6.45) is 0. The molecular formula is C46H30N2S. The number of hydrogen-bond donors (Lipinski definition) is 0. The van der Waals surface area contributed by atoms with Gasteiger partial charge in [-0.05, 0) is 68.8 Å². The van der Waals surface area contributed by atoms with Gasteiger partial charge in [0.1, 0.15) is 0 Å². The van der Waals surface area contributed by atoms with E-state index in [2.05, 4.69) is 158 Å². The van der Waals surface area contributed by atoms with Gasteiger partial charge in [0.15, 0.2) is 5.82 Å². The van der Waals surface area contributed by atoms with Crippen molar-refractivity contribution in [2.24, 2.45) is 0 Å². The Labute approximate surface area is 290 Å². The van der Waals surface area contributed by atoms with Gasteiger partial charge in [0, 0.05) is 26.5 Å². The van der Waals surface area contributed by atoms with Gasteiger partial charge >= 0.3 is 0 Å². The second-order valence-electron chi connectivity index (χ2n) is 12.1. The Morgan fingerprint density at radius 2 is 0.694 bits per heavy atom. The predicted octanol–water partition coefficient (Wildman–Crippen LogP) is 12.6. The van der Waals surface area contributed by atoms with Crippen LogP contribution in [0, 0.1) is 0 Å². The van der Waals surface area contributed by atoms with E-state index in [0.29, 0.717) is 5.82 Å².